The van der Waals surface area contributed by atoms with Gasteiger partial charge in [0.05, 0.1) is 24.6 Å². The first-order valence-electron chi connectivity index (χ1n) is 7.72. The Labute approximate surface area is 147 Å². The van der Waals surface area contributed by atoms with E-state index in [0.717, 1.165) is 10.9 Å². The molecule has 2 aromatic rings. The number of hydrazone groups is 1. The molecule has 2 rings (SSSR count). The lowest BCUT2D eigenvalue weighted by Crippen LogP contribution is -2.18. The average Bonchev–Trinajstić information content (AvgIpc) is 2.96. The van der Waals surface area contributed by atoms with Crippen LogP contribution < -0.4 is 14.9 Å². The number of carbonyl (C=O) groups excluding carboxylic acids is 1. The first-order chi connectivity index (χ1) is 12.5. The topological polar surface area (TPSA) is 77.7 Å². The van der Waals surface area contributed by atoms with Crippen molar-refractivity contribution in [3.63, 3.8) is 0 Å². The molecule has 1 aromatic carbocycles. The van der Waals surface area contributed by atoms with Crippen LogP contribution in [0.2, 0.25) is 0 Å². The SMILES string of the molecule is CCOc1cc(C(=O)N/N=C\c2cnn(CC)c2F)ccc1OC(F)F. The van der Waals surface area contributed by atoms with Crippen molar-refractivity contribution < 1.29 is 27.4 Å². The number of alkyl halides is 2. The van der Waals surface area contributed by atoms with Gasteiger partial charge in [-0.2, -0.15) is 23.4 Å². The molecule has 0 fully saturated rings. The third kappa shape index (κ3) is 4.74. The summed E-state index contributed by atoms with van der Waals surface area (Å²) >= 11 is 0. The Kier molecular flexibility index (Phi) is 6.59. The van der Waals surface area contributed by atoms with E-state index in [1.54, 1.807) is 13.8 Å². The zero-order valence-electron chi connectivity index (χ0n) is 14.1. The summed E-state index contributed by atoms with van der Waals surface area (Å²) in [5.74, 6) is -1.39. The zero-order chi connectivity index (χ0) is 19.1. The summed E-state index contributed by atoms with van der Waals surface area (Å²) < 4.78 is 49.2. The molecule has 1 heterocycles. The number of ether oxygens (including phenoxy) is 2. The van der Waals surface area contributed by atoms with Crippen LogP contribution in [0.15, 0.2) is 29.5 Å². The Balaban J connectivity index is 2.09. The van der Waals surface area contributed by atoms with Crippen LogP contribution in [0.25, 0.3) is 0 Å². The monoisotopic (exact) mass is 370 g/mol. The number of hydrogen-bond donors (Lipinski definition) is 1. The molecule has 0 aliphatic carbocycles. The lowest BCUT2D eigenvalue weighted by Gasteiger charge is -2.12. The van der Waals surface area contributed by atoms with Gasteiger partial charge < -0.3 is 9.47 Å². The van der Waals surface area contributed by atoms with E-state index >= 15 is 0 Å². The fourth-order valence-electron chi connectivity index (χ4n) is 2.03. The number of benzene rings is 1. The minimum absolute atomic E-state index is 0.000281. The van der Waals surface area contributed by atoms with Gasteiger partial charge in [0.1, 0.15) is 0 Å². The van der Waals surface area contributed by atoms with Gasteiger partial charge in [0.2, 0.25) is 5.95 Å². The Hall–Kier alpha value is -3.04. The standard InChI is InChI=1S/C16H17F3N4O3/c1-3-23-14(17)11(9-21-23)8-20-22-15(24)10-5-6-12(26-16(18)19)13(7-10)25-4-2/h5-9,16H,3-4H2,1-2H3,(H,22,24)/b20-8-. The molecule has 0 unspecified atom stereocenters. The number of carbonyl (C=O) groups is 1. The quantitative estimate of drug-likeness (QED) is 0.573. The fraction of sp³-hybridized carbons (Fsp3) is 0.312. The molecule has 140 valence electrons. The predicted octanol–water partition coefficient (Wildman–Crippen LogP) is 2.81. The highest BCUT2D eigenvalue weighted by atomic mass is 19.3. The van der Waals surface area contributed by atoms with Gasteiger partial charge in [-0.3, -0.25) is 4.79 Å². The smallest absolute Gasteiger partial charge is 0.387 e. The van der Waals surface area contributed by atoms with Gasteiger partial charge in [0.15, 0.2) is 11.5 Å². The van der Waals surface area contributed by atoms with Gasteiger partial charge in [-0.25, -0.2) is 10.1 Å². The van der Waals surface area contributed by atoms with Crippen molar-refractivity contribution >= 4 is 12.1 Å². The van der Waals surface area contributed by atoms with Crippen LogP contribution in [0.1, 0.15) is 29.8 Å². The molecule has 0 radical (unpaired) electrons. The average molecular weight is 370 g/mol. The van der Waals surface area contributed by atoms with E-state index in [2.05, 4.69) is 20.4 Å². The van der Waals surface area contributed by atoms with Gasteiger partial charge in [0, 0.05) is 12.1 Å². The van der Waals surface area contributed by atoms with Crippen LogP contribution in [0.5, 0.6) is 11.5 Å². The predicted molar refractivity (Wildman–Crippen MR) is 87.2 cm³/mol. The van der Waals surface area contributed by atoms with Crippen LogP contribution in [0.3, 0.4) is 0 Å². The van der Waals surface area contributed by atoms with Gasteiger partial charge in [0.25, 0.3) is 5.91 Å². The van der Waals surface area contributed by atoms with Gasteiger partial charge in [-0.15, -0.1) is 0 Å². The van der Waals surface area contributed by atoms with E-state index in [1.165, 1.54) is 24.4 Å². The molecule has 1 amide bonds. The lowest BCUT2D eigenvalue weighted by molar-refractivity contribution is -0.0514. The summed E-state index contributed by atoms with van der Waals surface area (Å²) in [5, 5.41) is 7.46. The van der Waals surface area contributed by atoms with Crippen molar-refractivity contribution in [3.05, 3.63) is 41.5 Å². The molecule has 26 heavy (non-hydrogen) atoms. The molecule has 0 spiro atoms. The van der Waals surface area contributed by atoms with Gasteiger partial charge in [-0.05, 0) is 32.0 Å². The highest BCUT2D eigenvalue weighted by Crippen LogP contribution is 2.29. The van der Waals surface area contributed by atoms with Crippen molar-refractivity contribution in [1.82, 2.24) is 15.2 Å². The van der Waals surface area contributed by atoms with E-state index in [1.807, 2.05) is 0 Å². The normalized spacial score (nSPS) is 11.2. The third-order valence-corrected chi connectivity index (χ3v) is 3.19. The van der Waals surface area contributed by atoms with E-state index < -0.39 is 18.5 Å². The summed E-state index contributed by atoms with van der Waals surface area (Å²) in [5.41, 5.74) is 2.44. The van der Waals surface area contributed by atoms with Crippen LogP contribution >= 0.6 is 0 Å². The maximum atomic E-state index is 13.8. The summed E-state index contributed by atoms with van der Waals surface area (Å²) in [7, 11) is 0. The van der Waals surface area contributed by atoms with E-state index in [-0.39, 0.29) is 29.2 Å². The second kappa shape index (κ2) is 8.88. The number of halogens is 3. The first kappa shape index (κ1) is 19.3. The minimum Gasteiger partial charge on any atom is -0.490 e. The number of aryl methyl sites for hydroxylation is 1. The first-order valence-corrected chi connectivity index (χ1v) is 7.72. The van der Waals surface area contributed by atoms with E-state index in [9.17, 15) is 18.0 Å². The number of nitrogens with one attached hydrogen (secondary N) is 1. The molecule has 0 bridgehead atoms. The van der Waals surface area contributed by atoms with Crippen LogP contribution in [0, 0.1) is 5.95 Å². The fourth-order valence-corrected chi connectivity index (χ4v) is 2.03. The second-order valence-corrected chi connectivity index (χ2v) is 4.88. The number of amides is 1. The van der Waals surface area contributed by atoms with Gasteiger partial charge in [-0.1, -0.05) is 0 Å². The van der Waals surface area contributed by atoms with Gasteiger partial charge >= 0.3 is 6.61 Å². The minimum atomic E-state index is -3.02. The summed E-state index contributed by atoms with van der Waals surface area (Å²) in [6.45, 7) is 0.935. The molecular formula is C16H17F3N4O3. The van der Waals surface area contributed by atoms with Crippen molar-refractivity contribution in [2.75, 3.05) is 6.61 Å². The Bertz CT molecular complexity index is 793. The highest BCUT2D eigenvalue weighted by molar-refractivity contribution is 5.95. The molecule has 0 atom stereocenters. The molecule has 0 aliphatic heterocycles. The largest absolute Gasteiger partial charge is 0.490 e. The van der Waals surface area contributed by atoms with Crippen LogP contribution in [0.4, 0.5) is 13.2 Å². The van der Waals surface area contributed by atoms with Crippen molar-refractivity contribution in [2.24, 2.45) is 5.10 Å². The number of hydrogen-bond acceptors (Lipinski definition) is 5. The highest BCUT2D eigenvalue weighted by Gasteiger charge is 2.14. The number of nitrogens with zero attached hydrogens (tertiary/aromatic N) is 3. The maximum absolute atomic E-state index is 13.8. The number of rotatable bonds is 8. The molecule has 0 aliphatic rings. The molecule has 7 nitrogen and oxygen atoms in total. The van der Waals surface area contributed by atoms with E-state index in [0.29, 0.717) is 6.54 Å². The molecule has 1 N–H and O–H groups in total. The van der Waals surface area contributed by atoms with Crippen LogP contribution in [-0.4, -0.2) is 35.1 Å². The molecule has 10 heteroatoms. The Morgan fingerprint density at radius 3 is 2.77 bits per heavy atom. The Morgan fingerprint density at radius 2 is 2.15 bits per heavy atom. The molecular weight excluding hydrogens is 353 g/mol. The summed E-state index contributed by atoms with van der Waals surface area (Å²) in [6, 6.07) is 3.73. The molecule has 0 saturated heterocycles. The van der Waals surface area contributed by atoms with E-state index in [4.69, 9.17) is 4.74 Å². The zero-order valence-corrected chi connectivity index (χ0v) is 14.1. The van der Waals surface area contributed by atoms with Crippen LogP contribution in [-0.2, 0) is 6.54 Å². The van der Waals surface area contributed by atoms with Crippen molar-refractivity contribution in [1.29, 1.82) is 0 Å². The summed E-state index contributed by atoms with van der Waals surface area (Å²) in [6.07, 6.45) is 2.39. The second-order valence-electron chi connectivity index (χ2n) is 4.88. The van der Waals surface area contributed by atoms with Crippen molar-refractivity contribution in [2.45, 2.75) is 27.0 Å². The van der Waals surface area contributed by atoms with Crippen molar-refractivity contribution in [3.8, 4) is 11.5 Å². The lowest BCUT2D eigenvalue weighted by atomic mass is 10.2. The summed E-state index contributed by atoms with van der Waals surface area (Å²) in [4.78, 5) is 12.1. The molecule has 0 saturated carbocycles. The third-order valence-electron chi connectivity index (χ3n) is 3.19. The number of aromatic nitrogens is 2. The Morgan fingerprint density at radius 1 is 1.38 bits per heavy atom. The molecule has 1 aromatic heterocycles. The maximum Gasteiger partial charge on any atom is 0.387 e.